The van der Waals surface area contributed by atoms with E-state index in [2.05, 4.69) is 28.8 Å². The maximum atomic E-state index is 9.29. The molecule has 0 heterocycles. The molecule has 1 aliphatic carbocycles. The zero-order chi connectivity index (χ0) is 15.1. The van der Waals surface area contributed by atoms with Crippen molar-refractivity contribution < 1.29 is 5.11 Å². The molecule has 0 spiro atoms. The Morgan fingerprint density at radius 2 is 2.10 bits per heavy atom. The summed E-state index contributed by atoms with van der Waals surface area (Å²) in [6.07, 6.45) is 5.91. The Balaban J connectivity index is 1.91. The van der Waals surface area contributed by atoms with E-state index in [0.29, 0.717) is 18.3 Å². The first kappa shape index (κ1) is 16.0. The van der Waals surface area contributed by atoms with Crippen molar-refractivity contribution in [2.24, 2.45) is 4.99 Å². The van der Waals surface area contributed by atoms with Crippen molar-refractivity contribution in [2.75, 3.05) is 12.8 Å². The van der Waals surface area contributed by atoms with E-state index in [1.54, 1.807) is 12.1 Å². The van der Waals surface area contributed by atoms with Crippen molar-refractivity contribution in [1.82, 2.24) is 10.6 Å². The van der Waals surface area contributed by atoms with Gasteiger partial charge in [-0.15, -0.1) is 0 Å². The van der Waals surface area contributed by atoms with Gasteiger partial charge in [-0.2, -0.15) is 11.8 Å². The van der Waals surface area contributed by atoms with Crippen LogP contribution < -0.4 is 10.6 Å². The number of aromatic hydroxyl groups is 1. The van der Waals surface area contributed by atoms with Crippen LogP contribution in [0, 0.1) is 0 Å². The van der Waals surface area contributed by atoms with E-state index in [-0.39, 0.29) is 0 Å². The summed E-state index contributed by atoms with van der Waals surface area (Å²) in [6, 6.07) is 7.74. The van der Waals surface area contributed by atoms with Gasteiger partial charge in [-0.1, -0.05) is 12.1 Å². The van der Waals surface area contributed by atoms with Crippen LogP contribution in [0.1, 0.15) is 31.7 Å². The first-order valence-corrected chi connectivity index (χ1v) is 8.85. The fourth-order valence-corrected chi connectivity index (χ4v) is 3.37. The maximum absolute atomic E-state index is 9.29. The highest BCUT2D eigenvalue weighted by molar-refractivity contribution is 7.99. The van der Waals surface area contributed by atoms with Crippen LogP contribution in [0.15, 0.2) is 29.3 Å². The zero-order valence-electron chi connectivity index (χ0n) is 12.8. The minimum Gasteiger partial charge on any atom is -0.508 e. The highest BCUT2D eigenvalue weighted by atomic mass is 32.2. The van der Waals surface area contributed by atoms with Crippen LogP contribution >= 0.6 is 11.8 Å². The summed E-state index contributed by atoms with van der Waals surface area (Å²) >= 11 is 1.96. The van der Waals surface area contributed by atoms with E-state index in [4.69, 9.17) is 0 Å². The number of benzene rings is 1. The molecule has 1 aromatic rings. The molecule has 0 aromatic heterocycles. The van der Waals surface area contributed by atoms with Crippen LogP contribution in [0.5, 0.6) is 5.75 Å². The molecule has 5 heteroatoms. The van der Waals surface area contributed by atoms with E-state index >= 15 is 0 Å². The van der Waals surface area contributed by atoms with Crippen molar-refractivity contribution in [3.63, 3.8) is 0 Å². The summed E-state index contributed by atoms with van der Waals surface area (Å²) in [4.78, 5) is 4.63. The van der Waals surface area contributed by atoms with Gasteiger partial charge in [0, 0.05) is 17.8 Å². The Morgan fingerprint density at radius 1 is 1.33 bits per heavy atom. The van der Waals surface area contributed by atoms with Crippen LogP contribution in [0.25, 0.3) is 0 Å². The van der Waals surface area contributed by atoms with Crippen LogP contribution in [0.3, 0.4) is 0 Å². The SMILES string of the molecule is CCNC(=NCc1ccc(O)cc1)NC1CCC(SC)C1. The second-order valence-electron chi connectivity index (χ2n) is 5.37. The van der Waals surface area contributed by atoms with Crippen LogP contribution in [-0.4, -0.2) is 35.2 Å². The minimum absolute atomic E-state index is 0.293. The number of aliphatic imine (C=N–C) groups is 1. The summed E-state index contributed by atoms with van der Waals surface area (Å²) in [5.74, 6) is 1.18. The molecule has 0 radical (unpaired) electrons. The maximum Gasteiger partial charge on any atom is 0.191 e. The van der Waals surface area contributed by atoms with Crippen molar-refractivity contribution in [3.05, 3.63) is 29.8 Å². The molecule has 0 saturated heterocycles. The molecule has 0 aliphatic heterocycles. The number of nitrogens with one attached hydrogen (secondary N) is 2. The predicted molar refractivity (Wildman–Crippen MR) is 91.0 cm³/mol. The van der Waals surface area contributed by atoms with Crippen LogP contribution in [0.2, 0.25) is 0 Å². The fraction of sp³-hybridized carbons (Fsp3) is 0.562. The highest BCUT2D eigenvalue weighted by Crippen LogP contribution is 2.28. The Morgan fingerprint density at radius 3 is 2.71 bits per heavy atom. The van der Waals surface area contributed by atoms with Gasteiger partial charge in [-0.3, -0.25) is 0 Å². The zero-order valence-corrected chi connectivity index (χ0v) is 13.6. The summed E-state index contributed by atoms with van der Waals surface area (Å²) in [6.45, 7) is 3.56. The number of phenolic OH excluding ortho intramolecular Hbond substituents is 1. The number of guanidine groups is 1. The third-order valence-corrected chi connectivity index (χ3v) is 4.85. The molecule has 21 heavy (non-hydrogen) atoms. The molecule has 1 aromatic carbocycles. The molecule has 1 saturated carbocycles. The molecule has 1 fully saturated rings. The summed E-state index contributed by atoms with van der Waals surface area (Å²) in [7, 11) is 0. The Labute approximate surface area is 131 Å². The molecule has 2 rings (SSSR count). The second kappa shape index (κ2) is 8.17. The first-order chi connectivity index (χ1) is 10.2. The Hall–Kier alpha value is -1.36. The summed E-state index contributed by atoms with van der Waals surface area (Å²) < 4.78 is 0. The summed E-state index contributed by atoms with van der Waals surface area (Å²) in [5, 5.41) is 16.9. The molecule has 116 valence electrons. The van der Waals surface area contributed by atoms with Crippen LogP contribution in [-0.2, 0) is 6.54 Å². The number of hydrogen-bond donors (Lipinski definition) is 3. The van der Waals surface area contributed by atoms with E-state index in [0.717, 1.165) is 23.3 Å². The van der Waals surface area contributed by atoms with Crippen molar-refractivity contribution in [2.45, 2.75) is 44.0 Å². The number of hydrogen-bond acceptors (Lipinski definition) is 3. The largest absolute Gasteiger partial charge is 0.508 e. The molecular formula is C16H25N3OS. The van der Waals surface area contributed by atoms with Gasteiger partial charge in [-0.05, 0) is 50.1 Å². The minimum atomic E-state index is 0.293. The van der Waals surface area contributed by atoms with E-state index < -0.39 is 0 Å². The number of rotatable bonds is 5. The molecule has 1 aliphatic rings. The molecule has 2 unspecified atom stereocenters. The monoisotopic (exact) mass is 307 g/mol. The predicted octanol–water partition coefficient (Wildman–Crippen LogP) is 2.73. The summed E-state index contributed by atoms with van der Waals surface area (Å²) in [5.41, 5.74) is 1.10. The Kier molecular flexibility index (Phi) is 6.23. The number of thioether (sulfide) groups is 1. The number of phenols is 1. The van der Waals surface area contributed by atoms with Gasteiger partial charge < -0.3 is 15.7 Å². The molecule has 4 nitrogen and oxygen atoms in total. The van der Waals surface area contributed by atoms with Gasteiger partial charge in [0.15, 0.2) is 5.96 Å². The fourth-order valence-electron chi connectivity index (χ4n) is 2.57. The van der Waals surface area contributed by atoms with Crippen LogP contribution in [0.4, 0.5) is 0 Å². The van der Waals surface area contributed by atoms with Gasteiger partial charge in [-0.25, -0.2) is 4.99 Å². The topological polar surface area (TPSA) is 56.7 Å². The van der Waals surface area contributed by atoms with Crippen molar-refractivity contribution in [1.29, 1.82) is 0 Å². The molecule has 0 bridgehead atoms. The van der Waals surface area contributed by atoms with E-state index in [1.807, 2.05) is 23.9 Å². The van der Waals surface area contributed by atoms with E-state index in [1.165, 1.54) is 19.3 Å². The lowest BCUT2D eigenvalue weighted by Crippen LogP contribution is -2.42. The smallest absolute Gasteiger partial charge is 0.191 e. The Bertz CT molecular complexity index is 461. The average molecular weight is 307 g/mol. The van der Waals surface area contributed by atoms with Gasteiger partial charge in [0.25, 0.3) is 0 Å². The van der Waals surface area contributed by atoms with Crippen molar-refractivity contribution in [3.8, 4) is 5.75 Å². The molecule has 3 N–H and O–H groups in total. The van der Waals surface area contributed by atoms with E-state index in [9.17, 15) is 5.11 Å². The normalized spacial score (nSPS) is 22.3. The van der Waals surface area contributed by atoms with Gasteiger partial charge in [0.1, 0.15) is 5.75 Å². The first-order valence-electron chi connectivity index (χ1n) is 7.56. The molecule has 2 atom stereocenters. The van der Waals surface area contributed by atoms with Gasteiger partial charge in [0.05, 0.1) is 6.54 Å². The average Bonchev–Trinajstić information content (AvgIpc) is 2.94. The number of nitrogens with zero attached hydrogens (tertiary/aromatic N) is 1. The standard InChI is InChI=1S/C16H25N3OS/c1-3-17-16(19-13-6-9-15(10-13)21-2)18-11-12-4-7-14(20)8-5-12/h4-5,7-8,13,15,20H,3,6,9-11H2,1-2H3,(H2,17,18,19). The van der Waals surface area contributed by atoms with Gasteiger partial charge >= 0.3 is 0 Å². The molecule has 0 amide bonds. The highest BCUT2D eigenvalue weighted by Gasteiger charge is 2.24. The third kappa shape index (κ3) is 5.16. The van der Waals surface area contributed by atoms with Crippen molar-refractivity contribution >= 4 is 17.7 Å². The van der Waals surface area contributed by atoms with Gasteiger partial charge in [0.2, 0.25) is 0 Å². The quantitative estimate of drug-likeness (QED) is 0.578. The lowest BCUT2D eigenvalue weighted by molar-refractivity contribution is 0.475. The lowest BCUT2D eigenvalue weighted by Gasteiger charge is -2.17. The third-order valence-electron chi connectivity index (χ3n) is 3.76. The molecular weight excluding hydrogens is 282 g/mol. The second-order valence-corrected chi connectivity index (χ2v) is 6.51. The lowest BCUT2D eigenvalue weighted by atomic mass is 10.2.